The van der Waals surface area contributed by atoms with E-state index in [1.54, 1.807) is 6.20 Å². The first kappa shape index (κ1) is 27.3. The van der Waals surface area contributed by atoms with Gasteiger partial charge in [-0.3, -0.25) is 19.2 Å². The number of nitrogens with two attached hydrogens (primary N) is 2. The van der Waals surface area contributed by atoms with Crippen LogP contribution in [0.25, 0.3) is 10.9 Å². The molecule has 4 amide bonds. The lowest BCUT2D eigenvalue weighted by atomic mass is 10.0. The molecule has 0 fully saturated rings. The molecule has 10 N–H and O–H groups in total. The van der Waals surface area contributed by atoms with Crippen LogP contribution in [0, 0.1) is 0 Å². The molecule has 0 saturated carbocycles. The highest BCUT2D eigenvalue weighted by Crippen LogP contribution is 2.19. The van der Waals surface area contributed by atoms with Gasteiger partial charge in [-0.1, -0.05) is 18.2 Å². The average Bonchev–Trinajstić information content (AvgIpc) is 3.18. The Labute approximate surface area is 200 Å². The number of hydrogen-bond acceptors (Lipinski definition) is 7. The van der Waals surface area contributed by atoms with E-state index in [0.29, 0.717) is 5.56 Å². The Morgan fingerprint density at radius 1 is 0.971 bits per heavy atom. The average molecular weight is 491 g/mol. The van der Waals surface area contributed by atoms with Crippen molar-refractivity contribution in [3.63, 3.8) is 0 Å². The quantitative estimate of drug-likeness (QED) is 0.163. The molecule has 2 rings (SSSR count). The third kappa shape index (κ3) is 7.52. The first-order valence-corrected chi connectivity index (χ1v) is 10.8. The van der Waals surface area contributed by atoms with Crippen LogP contribution in [0.5, 0.6) is 0 Å². The van der Waals surface area contributed by atoms with Crippen LogP contribution in [0.2, 0.25) is 0 Å². The third-order valence-corrected chi connectivity index (χ3v) is 5.23. The highest BCUT2D eigenvalue weighted by atomic mass is 16.4. The maximum atomic E-state index is 13.1. The van der Waals surface area contributed by atoms with Crippen molar-refractivity contribution < 1.29 is 34.2 Å². The second kappa shape index (κ2) is 11.9. The molecular formula is C22H30N6O7. The van der Waals surface area contributed by atoms with Crippen LogP contribution in [0.15, 0.2) is 30.5 Å². The normalized spacial score (nSPS) is 15.3. The molecular weight excluding hydrogens is 460 g/mol. The van der Waals surface area contributed by atoms with Crippen molar-refractivity contribution in [3.05, 3.63) is 36.0 Å². The van der Waals surface area contributed by atoms with Crippen LogP contribution < -0.4 is 27.4 Å². The Kier molecular flexibility index (Phi) is 9.31. The monoisotopic (exact) mass is 490 g/mol. The maximum absolute atomic E-state index is 13.1. The minimum absolute atomic E-state index is 0.0185. The summed E-state index contributed by atoms with van der Waals surface area (Å²) in [5, 5.41) is 26.6. The Hall–Kier alpha value is -3.97. The molecule has 0 saturated heterocycles. The molecule has 0 aliphatic heterocycles. The maximum Gasteiger partial charge on any atom is 0.328 e. The molecule has 0 aliphatic carbocycles. The Bertz CT molecular complexity index is 1100. The van der Waals surface area contributed by atoms with Crippen molar-refractivity contribution in [1.29, 1.82) is 0 Å². The van der Waals surface area contributed by atoms with Gasteiger partial charge in [0.25, 0.3) is 0 Å². The molecule has 190 valence electrons. The van der Waals surface area contributed by atoms with Gasteiger partial charge in [-0.25, -0.2) is 4.79 Å². The van der Waals surface area contributed by atoms with Gasteiger partial charge in [0.1, 0.15) is 12.1 Å². The zero-order valence-corrected chi connectivity index (χ0v) is 19.3. The fraction of sp³-hybridized carbons (Fsp3) is 0.409. The molecule has 0 aliphatic rings. The van der Waals surface area contributed by atoms with E-state index in [1.807, 2.05) is 24.3 Å². The second-order valence-electron chi connectivity index (χ2n) is 8.21. The van der Waals surface area contributed by atoms with Crippen molar-refractivity contribution in [2.75, 3.05) is 0 Å². The van der Waals surface area contributed by atoms with E-state index in [4.69, 9.17) is 11.5 Å². The number of aliphatic hydroxyl groups excluding tert-OH is 1. The number of carboxylic acid groups (broad SMARTS) is 1. The summed E-state index contributed by atoms with van der Waals surface area (Å²) in [6, 6.07) is 1.94. The summed E-state index contributed by atoms with van der Waals surface area (Å²) in [5.41, 5.74) is 12.3. The zero-order chi connectivity index (χ0) is 26.3. The van der Waals surface area contributed by atoms with E-state index in [1.165, 1.54) is 6.92 Å². The lowest BCUT2D eigenvalue weighted by Crippen LogP contribution is -2.59. The SMILES string of the molecule is CC(N)C(=O)NC(Cc1c[nH]c2ccccc12)C(=O)NC(CC(N)=O)C(=O)NC(C(=O)O)C(C)O. The molecule has 0 radical (unpaired) electrons. The first-order valence-electron chi connectivity index (χ1n) is 10.8. The summed E-state index contributed by atoms with van der Waals surface area (Å²) in [5.74, 6) is -4.95. The topological polar surface area (TPSA) is 230 Å². The van der Waals surface area contributed by atoms with Gasteiger partial charge in [0.2, 0.25) is 23.6 Å². The van der Waals surface area contributed by atoms with Crippen LogP contribution in [-0.2, 0) is 30.4 Å². The summed E-state index contributed by atoms with van der Waals surface area (Å²) in [4.78, 5) is 64.0. The number of carbonyl (C=O) groups excluding carboxylic acids is 4. The Morgan fingerprint density at radius 3 is 2.14 bits per heavy atom. The molecule has 1 heterocycles. The predicted octanol–water partition coefficient (Wildman–Crippen LogP) is -2.15. The first-order chi connectivity index (χ1) is 16.4. The summed E-state index contributed by atoms with van der Waals surface area (Å²) >= 11 is 0. The molecule has 5 atom stereocenters. The van der Waals surface area contributed by atoms with Gasteiger partial charge in [0, 0.05) is 23.5 Å². The minimum Gasteiger partial charge on any atom is -0.480 e. The fourth-order valence-corrected chi connectivity index (χ4v) is 3.36. The van der Waals surface area contributed by atoms with Crippen molar-refractivity contribution in [1.82, 2.24) is 20.9 Å². The fourth-order valence-electron chi connectivity index (χ4n) is 3.36. The van der Waals surface area contributed by atoms with Gasteiger partial charge in [-0.15, -0.1) is 0 Å². The number of benzene rings is 1. The standard InChI is InChI=1S/C22H30N6O7/c1-10(23)19(31)26-15(7-12-9-25-14-6-4-3-5-13(12)14)20(32)27-16(8-17(24)30)21(33)28-18(11(2)29)22(34)35/h3-6,9-11,15-16,18,25,29H,7-8,23H2,1-2H3,(H2,24,30)(H,26,31)(H,27,32)(H,28,33)(H,34,35). The van der Waals surface area contributed by atoms with Crippen LogP contribution >= 0.6 is 0 Å². The number of aromatic amines is 1. The number of hydrogen-bond donors (Lipinski definition) is 8. The largest absolute Gasteiger partial charge is 0.480 e. The number of amides is 4. The van der Waals surface area contributed by atoms with E-state index in [0.717, 1.165) is 17.8 Å². The number of H-pyrrole nitrogens is 1. The van der Waals surface area contributed by atoms with Gasteiger partial charge >= 0.3 is 5.97 Å². The van der Waals surface area contributed by atoms with E-state index in [9.17, 15) is 34.2 Å². The van der Waals surface area contributed by atoms with E-state index < -0.39 is 66.3 Å². The second-order valence-corrected chi connectivity index (χ2v) is 8.21. The predicted molar refractivity (Wildman–Crippen MR) is 125 cm³/mol. The number of para-hydroxylation sites is 1. The Balaban J connectivity index is 2.28. The lowest BCUT2D eigenvalue weighted by molar-refractivity contribution is -0.145. The van der Waals surface area contributed by atoms with Crippen molar-refractivity contribution in [2.24, 2.45) is 11.5 Å². The minimum atomic E-state index is -1.69. The number of aliphatic carboxylic acids is 1. The van der Waals surface area contributed by atoms with Crippen molar-refractivity contribution in [2.45, 2.75) is 57.0 Å². The molecule has 0 spiro atoms. The molecule has 35 heavy (non-hydrogen) atoms. The van der Waals surface area contributed by atoms with Crippen molar-refractivity contribution >= 4 is 40.5 Å². The van der Waals surface area contributed by atoms with E-state index in [2.05, 4.69) is 20.9 Å². The van der Waals surface area contributed by atoms with E-state index >= 15 is 0 Å². The summed E-state index contributed by atoms with van der Waals surface area (Å²) in [7, 11) is 0. The smallest absolute Gasteiger partial charge is 0.328 e. The summed E-state index contributed by atoms with van der Waals surface area (Å²) < 4.78 is 0. The number of carbonyl (C=O) groups is 5. The van der Waals surface area contributed by atoms with Gasteiger partial charge in [0.15, 0.2) is 6.04 Å². The zero-order valence-electron chi connectivity index (χ0n) is 19.3. The molecule has 0 bridgehead atoms. The molecule has 1 aromatic heterocycles. The molecule has 13 heteroatoms. The lowest BCUT2D eigenvalue weighted by Gasteiger charge is -2.25. The molecule has 2 aromatic rings. The number of nitrogens with one attached hydrogen (secondary N) is 4. The van der Waals surface area contributed by atoms with Gasteiger partial charge in [-0.2, -0.15) is 0 Å². The van der Waals surface area contributed by atoms with Gasteiger partial charge < -0.3 is 42.6 Å². The summed E-state index contributed by atoms with van der Waals surface area (Å²) in [6.07, 6.45) is -0.409. The van der Waals surface area contributed by atoms with E-state index in [-0.39, 0.29) is 6.42 Å². The number of primary amides is 1. The number of fused-ring (bicyclic) bond motifs is 1. The van der Waals surface area contributed by atoms with Gasteiger partial charge in [-0.05, 0) is 25.5 Å². The van der Waals surface area contributed by atoms with Crippen LogP contribution in [0.3, 0.4) is 0 Å². The van der Waals surface area contributed by atoms with Gasteiger partial charge in [0.05, 0.1) is 18.6 Å². The van der Waals surface area contributed by atoms with Crippen molar-refractivity contribution in [3.8, 4) is 0 Å². The molecule has 13 nitrogen and oxygen atoms in total. The van der Waals surface area contributed by atoms with Crippen LogP contribution in [0.1, 0.15) is 25.8 Å². The summed E-state index contributed by atoms with van der Waals surface area (Å²) in [6.45, 7) is 2.59. The Morgan fingerprint density at radius 2 is 1.57 bits per heavy atom. The third-order valence-electron chi connectivity index (χ3n) is 5.23. The number of rotatable bonds is 12. The molecule has 5 unspecified atom stereocenters. The number of aliphatic hydroxyl groups is 1. The highest BCUT2D eigenvalue weighted by Gasteiger charge is 2.32. The number of carboxylic acids is 1. The van der Waals surface area contributed by atoms with Crippen LogP contribution in [-0.4, -0.2) is 75.1 Å². The highest BCUT2D eigenvalue weighted by molar-refractivity contribution is 5.96. The molecule has 1 aromatic carbocycles. The number of aromatic nitrogens is 1. The van der Waals surface area contributed by atoms with Crippen LogP contribution in [0.4, 0.5) is 0 Å².